The number of alkyl halides is 3. The number of halogens is 3. The summed E-state index contributed by atoms with van der Waals surface area (Å²) < 4.78 is 43.1. The van der Waals surface area contributed by atoms with Crippen molar-refractivity contribution in [3.8, 4) is 5.75 Å². The molecule has 0 saturated heterocycles. The number of nitrogens with zero attached hydrogens (tertiary/aromatic N) is 2. The molecule has 3 rings (SSSR count). The molecule has 0 amide bonds. The highest BCUT2D eigenvalue weighted by Gasteiger charge is 2.30. The van der Waals surface area contributed by atoms with Crippen LogP contribution in [0.2, 0.25) is 0 Å². The molecule has 2 aromatic rings. The normalized spacial score (nSPS) is 17.7. The van der Waals surface area contributed by atoms with E-state index in [1.54, 1.807) is 25.4 Å². The van der Waals surface area contributed by atoms with Gasteiger partial charge >= 0.3 is 6.18 Å². The maximum atomic E-state index is 12.7. The van der Waals surface area contributed by atoms with Gasteiger partial charge in [-0.15, -0.1) is 0 Å². The lowest BCUT2D eigenvalue weighted by molar-refractivity contribution is -0.137. The van der Waals surface area contributed by atoms with Crippen LogP contribution in [0.4, 0.5) is 13.2 Å². The van der Waals surface area contributed by atoms with E-state index in [1.165, 1.54) is 12.1 Å². The van der Waals surface area contributed by atoms with Gasteiger partial charge in [0, 0.05) is 13.3 Å². The SMILES string of the molecule is COc1ccc(/C=N/C2=CC(c3ccc(C(F)(F)F)cc3)NN2C)cc1. The van der Waals surface area contributed by atoms with Crippen LogP contribution in [-0.4, -0.2) is 25.4 Å². The molecule has 1 aliphatic rings. The Bertz CT molecular complexity index is 811. The number of rotatable bonds is 4. The van der Waals surface area contributed by atoms with Crippen molar-refractivity contribution in [3.63, 3.8) is 0 Å². The van der Waals surface area contributed by atoms with Gasteiger partial charge in [0.15, 0.2) is 0 Å². The van der Waals surface area contributed by atoms with Gasteiger partial charge in [-0.2, -0.15) is 13.2 Å². The molecule has 1 unspecified atom stereocenters. The van der Waals surface area contributed by atoms with Gasteiger partial charge in [0.2, 0.25) is 0 Å². The lowest BCUT2D eigenvalue weighted by atomic mass is 10.1. The maximum absolute atomic E-state index is 12.7. The number of hydrogen-bond donors (Lipinski definition) is 1. The second kappa shape index (κ2) is 7.21. The Labute approximate surface area is 149 Å². The molecule has 0 radical (unpaired) electrons. The first-order valence-electron chi connectivity index (χ1n) is 7.94. The summed E-state index contributed by atoms with van der Waals surface area (Å²) in [5, 5.41) is 1.74. The molecular formula is C19H18F3N3O. The van der Waals surface area contributed by atoms with Crippen LogP contribution in [0.3, 0.4) is 0 Å². The van der Waals surface area contributed by atoms with E-state index in [4.69, 9.17) is 4.74 Å². The second-order valence-corrected chi connectivity index (χ2v) is 5.84. The second-order valence-electron chi connectivity index (χ2n) is 5.84. The van der Waals surface area contributed by atoms with Crippen molar-refractivity contribution in [2.24, 2.45) is 4.99 Å². The standard InChI is InChI=1S/C19H18F3N3O/c1-25-18(23-12-13-3-9-16(26-2)10-4-13)11-17(24-25)14-5-7-15(8-6-14)19(20,21)22/h3-12,17,24H,1-2H3/b23-12+. The van der Waals surface area contributed by atoms with Crippen molar-refractivity contribution in [2.45, 2.75) is 12.2 Å². The number of nitrogens with one attached hydrogen (secondary N) is 1. The fourth-order valence-corrected chi connectivity index (χ4v) is 2.58. The number of aliphatic imine (C=N–C) groups is 1. The molecule has 1 aliphatic heterocycles. The Balaban J connectivity index is 1.73. The van der Waals surface area contributed by atoms with Gasteiger partial charge in [0.05, 0.1) is 18.7 Å². The fourth-order valence-electron chi connectivity index (χ4n) is 2.58. The molecule has 136 valence electrons. The summed E-state index contributed by atoms with van der Waals surface area (Å²) in [6, 6.07) is 12.4. The molecule has 0 aromatic heterocycles. The number of methoxy groups -OCH3 is 1. The first kappa shape index (κ1) is 18.0. The zero-order chi connectivity index (χ0) is 18.7. The van der Waals surface area contributed by atoms with Crippen LogP contribution >= 0.6 is 0 Å². The third-order valence-electron chi connectivity index (χ3n) is 4.05. The van der Waals surface area contributed by atoms with E-state index in [-0.39, 0.29) is 6.04 Å². The number of ether oxygens (including phenoxy) is 1. The van der Waals surface area contributed by atoms with Crippen LogP contribution < -0.4 is 10.2 Å². The predicted molar refractivity (Wildman–Crippen MR) is 93.8 cm³/mol. The lowest BCUT2D eigenvalue weighted by Gasteiger charge is -2.17. The van der Waals surface area contributed by atoms with Crippen LogP contribution in [0.5, 0.6) is 5.75 Å². The highest BCUT2D eigenvalue weighted by molar-refractivity contribution is 5.80. The number of hydrazine groups is 1. The summed E-state index contributed by atoms with van der Waals surface area (Å²) in [6.45, 7) is 0. The average Bonchev–Trinajstić information content (AvgIpc) is 3.00. The van der Waals surface area contributed by atoms with Crippen LogP contribution in [0, 0.1) is 0 Å². The van der Waals surface area contributed by atoms with Gasteiger partial charge < -0.3 is 4.74 Å². The zero-order valence-corrected chi connectivity index (χ0v) is 14.3. The Morgan fingerprint density at radius 3 is 2.31 bits per heavy atom. The Hall–Kier alpha value is -2.80. The molecule has 1 heterocycles. The monoisotopic (exact) mass is 361 g/mol. The summed E-state index contributed by atoms with van der Waals surface area (Å²) in [7, 11) is 3.41. The van der Waals surface area contributed by atoms with E-state index >= 15 is 0 Å². The minimum absolute atomic E-state index is 0.231. The molecule has 0 bridgehead atoms. The summed E-state index contributed by atoms with van der Waals surface area (Å²) in [6.07, 6.45) is -0.747. The average molecular weight is 361 g/mol. The first-order valence-corrected chi connectivity index (χ1v) is 7.94. The van der Waals surface area contributed by atoms with Gasteiger partial charge in [0.1, 0.15) is 11.6 Å². The van der Waals surface area contributed by atoms with Crippen molar-refractivity contribution < 1.29 is 17.9 Å². The Morgan fingerprint density at radius 2 is 1.73 bits per heavy atom. The number of benzene rings is 2. The van der Waals surface area contributed by atoms with E-state index < -0.39 is 11.7 Å². The van der Waals surface area contributed by atoms with Crippen molar-refractivity contribution >= 4 is 6.21 Å². The van der Waals surface area contributed by atoms with E-state index in [9.17, 15) is 13.2 Å². The largest absolute Gasteiger partial charge is 0.497 e. The van der Waals surface area contributed by atoms with Crippen LogP contribution in [0.1, 0.15) is 22.7 Å². The molecule has 0 spiro atoms. The van der Waals surface area contributed by atoms with Crippen molar-refractivity contribution in [3.05, 3.63) is 77.1 Å². The van der Waals surface area contributed by atoms with Gasteiger partial charge in [-0.05, 0) is 53.6 Å². The maximum Gasteiger partial charge on any atom is 0.416 e. The highest BCUT2D eigenvalue weighted by atomic mass is 19.4. The van der Waals surface area contributed by atoms with Crippen molar-refractivity contribution in [1.29, 1.82) is 0 Å². The fraction of sp³-hybridized carbons (Fsp3) is 0.211. The van der Waals surface area contributed by atoms with Crippen LogP contribution in [0.15, 0.2) is 65.4 Å². The number of hydrogen-bond acceptors (Lipinski definition) is 4. The molecule has 0 fully saturated rings. The summed E-state index contributed by atoms with van der Waals surface area (Å²) in [4.78, 5) is 4.44. The third-order valence-corrected chi connectivity index (χ3v) is 4.05. The highest BCUT2D eigenvalue weighted by Crippen LogP contribution is 2.31. The first-order chi connectivity index (χ1) is 12.4. The van der Waals surface area contributed by atoms with Crippen LogP contribution in [-0.2, 0) is 6.18 Å². The van der Waals surface area contributed by atoms with E-state index in [0.717, 1.165) is 29.0 Å². The molecule has 4 nitrogen and oxygen atoms in total. The molecule has 1 N–H and O–H groups in total. The summed E-state index contributed by atoms with van der Waals surface area (Å²) in [5.74, 6) is 1.45. The molecule has 2 aromatic carbocycles. The van der Waals surface area contributed by atoms with Gasteiger partial charge in [0.25, 0.3) is 0 Å². The van der Waals surface area contributed by atoms with Crippen molar-refractivity contribution in [1.82, 2.24) is 10.4 Å². The van der Waals surface area contributed by atoms with E-state index in [2.05, 4.69) is 10.4 Å². The minimum Gasteiger partial charge on any atom is -0.497 e. The van der Waals surface area contributed by atoms with Gasteiger partial charge in [-0.3, -0.25) is 5.01 Å². The van der Waals surface area contributed by atoms with Gasteiger partial charge in [-0.25, -0.2) is 10.4 Å². The smallest absolute Gasteiger partial charge is 0.416 e. The molecular weight excluding hydrogens is 343 g/mol. The quantitative estimate of drug-likeness (QED) is 0.831. The molecule has 0 aliphatic carbocycles. The van der Waals surface area contributed by atoms with Gasteiger partial charge in [-0.1, -0.05) is 12.1 Å². The van der Waals surface area contributed by atoms with E-state index in [0.29, 0.717) is 5.82 Å². The van der Waals surface area contributed by atoms with Crippen molar-refractivity contribution in [2.75, 3.05) is 14.2 Å². The van der Waals surface area contributed by atoms with E-state index in [1.807, 2.05) is 30.3 Å². The minimum atomic E-state index is -4.33. The molecule has 1 atom stereocenters. The van der Waals surface area contributed by atoms with Crippen LogP contribution in [0.25, 0.3) is 0 Å². The molecule has 7 heteroatoms. The molecule has 0 saturated carbocycles. The summed E-state index contributed by atoms with van der Waals surface area (Å²) >= 11 is 0. The third kappa shape index (κ3) is 4.05. The molecule has 26 heavy (non-hydrogen) atoms. The zero-order valence-electron chi connectivity index (χ0n) is 14.3. The Morgan fingerprint density at radius 1 is 1.08 bits per heavy atom. The topological polar surface area (TPSA) is 36.9 Å². The Kier molecular flexibility index (Phi) is 4.99. The predicted octanol–water partition coefficient (Wildman–Crippen LogP) is 4.17. The lowest BCUT2D eigenvalue weighted by Crippen LogP contribution is -2.29. The summed E-state index contributed by atoms with van der Waals surface area (Å²) in [5.41, 5.74) is 4.15.